The molecular formula is C26H25N5O3S. The minimum Gasteiger partial charge on any atom is -0.497 e. The highest BCUT2D eigenvalue weighted by Crippen LogP contribution is 2.28. The van der Waals surface area contributed by atoms with Gasteiger partial charge in [0.15, 0.2) is 11.0 Å². The first-order valence-electron chi connectivity index (χ1n) is 10.8. The lowest BCUT2D eigenvalue weighted by molar-refractivity contribution is -0.118. The van der Waals surface area contributed by atoms with Gasteiger partial charge in [0, 0.05) is 16.8 Å². The number of thioether (sulfide) groups is 1. The molecule has 4 aromatic rings. The van der Waals surface area contributed by atoms with E-state index < -0.39 is 0 Å². The fourth-order valence-corrected chi connectivity index (χ4v) is 4.07. The van der Waals surface area contributed by atoms with Gasteiger partial charge in [0.2, 0.25) is 0 Å². The summed E-state index contributed by atoms with van der Waals surface area (Å²) in [7, 11) is 3.24. The van der Waals surface area contributed by atoms with Crippen LogP contribution in [0.25, 0.3) is 17.1 Å². The number of methoxy groups -OCH3 is 2. The van der Waals surface area contributed by atoms with Crippen molar-refractivity contribution in [1.82, 2.24) is 20.2 Å². The number of hydrogen-bond acceptors (Lipinski definition) is 7. The van der Waals surface area contributed by atoms with E-state index in [4.69, 9.17) is 9.47 Å². The van der Waals surface area contributed by atoms with Crippen LogP contribution in [0.5, 0.6) is 11.5 Å². The third kappa shape index (κ3) is 5.88. The van der Waals surface area contributed by atoms with Gasteiger partial charge in [0.05, 0.1) is 25.7 Å². The Kier molecular flexibility index (Phi) is 7.79. The first kappa shape index (κ1) is 24.0. The molecule has 0 spiro atoms. The number of carbonyl (C=O) groups excluding carboxylic acids is 1. The average molecular weight is 488 g/mol. The Balaban J connectivity index is 1.51. The Morgan fingerprint density at radius 3 is 2.40 bits per heavy atom. The predicted octanol–water partition coefficient (Wildman–Crippen LogP) is 4.58. The molecule has 1 N–H and O–H groups in total. The topological polar surface area (TPSA) is 90.6 Å². The van der Waals surface area contributed by atoms with Crippen molar-refractivity contribution in [3.63, 3.8) is 0 Å². The van der Waals surface area contributed by atoms with Crippen LogP contribution in [0.1, 0.15) is 12.5 Å². The van der Waals surface area contributed by atoms with Crippen LogP contribution in [0.2, 0.25) is 0 Å². The molecule has 0 aliphatic carbocycles. The van der Waals surface area contributed by atoms with E-state index in [1.165, 1.54) is 11.8 Å². The normalized spacial score (nSPS) is 11.2. The lowest BCUT2D eigenvalue weighted by atomic mass is 10.1. The highest BCUT2D eigenvalue weighted by atomic mass is 32.2. The molecule has 0 radical (unpaired) electrons. The zero-order chi connectivity index (χ0) is 24.6. The van der Waals surface area contributed by atoms with E-state index >= 15 is 0 Å². The van der Waals surface area contributed by atoms with Gasteiger partial charge in [-0.25, -0.2) is 5.43 Å². The van der Waals surface area contributed by atoms with Crippen LogP contribution in [0.4, 0.5) is 0 Å². The number of amides is 1. The Morgan fingerprint density at radius 1 is 0.943 bits per heavy atom. The maximum atomic E-state index is 12.5. The minimum atomic E-state index is -0.247. The number of hydrogen-bond donors (Lipinski definition) is 1. The summed E-state index contributed by atoms with van der Waals surface area (Å²) in [6, 6.07) is 24.9. The van der Waals surface area contributed by atoms with E-state index in [9.17, 15) is 4.79 Å². The van der Waals surface area contributed by atoms with E-state index in [2.05, 4.69) is 20.7 Å². The molecule has 9 heteroatoms. The molecule has 0 atom stereocenters. The van der Waals surface area contributed by atoms with Gasteiger partial charge >= 0.3 is 0 Å². The van der Waals surface area contributed by atoms with Crippen molar-refractivity contribution < 1.29 is 14.3 Å². The molecular weight excluding hydrogens is 462 g/mol. The molecule has 0 fully saturated rings. The van der Waals surface area contributed by atoms with Gasteiger partial charge < -0.3 is 9.47 Å². The standard InChI is InChI=1S/C26H25N5O3S/c1-18(20-10-7-11-23(16-20)34-3)27-28-24(32)17-35-26-30-29-25(19-8-5-4-6-9-19)31(26)21-12-14-22(33-2)15-13-21/h4-16H,17H2,1-3H3,(H,28,32)/b27-18+. The molecule has 4 rings (SSSR count). The second-order valence-electron chi connectivity index (χ2n) is 7.46. The Hall–Kier alpha value is -4.11. The number of rotatable bonds is 9. The van der Waals surface area contributed by atoms with E-state index in [1.54, 1.807) is 14.2 Å². The first-order valence-corrected chi connectivity index (χ1v) is 11.8. The van der Waals surface area contributed by atoms with E-state index in [1.807, 2.05) is 90.4 Å². The lowest BCUT2D eigenvalue weighted by Gasteiger charge is -2.11. The maximum absolute atomic E-state index is 12.5. The summed E-state index contributed by atoms with van der Waals surface area (Å²) in [6.07, 6.45) is 0. The van der Waals surface area contributed by atoms with Gasteiger partial charge in [-0.3, -0.25) is 9.36 Å². The van der Waals surface area contributed by atoms with Crippen LogP contribution in [-0.4, -0.2) is 46.4 Å². The Morgan fingerprint density at radius 2 is 1.69 bits per heavy atom. The number of benzene rings is 3. The highest BCUT2D eigenvalue weighted by Gasteiger charge is 2.17. The van der Waals surface area contributed by atoms with Crippen molar-refractivity contribution in [3.05, 3.63) is 84.4 Å². The third-order valence-electron chi connectivity index (χ3n) is 5.16. The van der Waals surface area contributed by atoms with Gasteiger partial charge in [0.25, 0.3) is 5.91 Å². The average Bonchev–Trinajstić information content (AvgIpc) is 3.35. The quantitative estimate of drug-likeness (QED) is 0.211. The largest absolute Gasteiger partial charge is 0.497 e. The molecule has 1 heterocycles. The number of carbonyl (C=O) groups is 1. The minimum absolute atomic E-state index is 0.123. The molecule has 1 aromatic heterocycles. The van der Waals surface area contributed by atoms with E-state index in [0.717, 1.165) is 28.3 Å². The number of nitrogens with one attached hydrogen (secondary N) is 1. The molecule has 0 saturated carbocycles. The van der Waals surface area contributed by atoms with Crippen LogP contribution >= 0.6 is 11.8 Å². The van der Waals surface area contributed by atoms with Crippen molar-refractivity contribution >= 4 is 23.4 Å². The van der Waals surface area contributed by atoms with Crippen LogP contribution in [0.3, 0.4) is 0 Å². The molecule has 3 aromatic carbocycles. The Bertz CT molecular complexity index is 1320. The van der Waals surface area contributed by atoms with Crippen molar-refractivity contribution in [2.75, 3.05) is 20.0 Å². The number of aromatic nitrogens is 3. The Labute approximate surface area is 208 Å². The summed E-state index contributed by atoms with van der Waals surface area (Å²) in [4.78, 5) is 12.5. The molecule has 1 amide bonds. The second kappa shape index (κ2) is 11.3. The fourth-order valence-electron chi connectivity index (χ4n) is 3.32. The fraction of sp³-hybridized carbons (Fsp3) is 0.154. The van der Waals surface area contributed by atoms with Gasteiger partial charge in [-0.15, -0.1) is 10.2 Å². The SMILES string of the molecule is COc1ccc(-n2c(SCC(=O)N/N=C(\C)c3cccc(OC)c3)nnc2-c2ccccc2)cc1. The summed E-state index contributed by atoms with van der Waals surface area (Å²) in [5.74, 6) is 2.04. The number of nitrogens with zero attached hydrogens (tertiary/aromatic N) is 4. The molecule has 178 valence electrons. The smallest absolute Gasteiger partial charge is 0.250 e. The molecule has 0 unspecified atom stereocenters. The molecule has 35 heavy (non-hydrogen) atoms. The predicted molar refractivity (Wildman–Crippen MR) is 137 cm³/mol. The molecule has 0 bridgehead atoms. The summed E-state index contributed by atoms with van der Waals surface area (Å²) in [5, 5.41) is 13.6. The van der Waals surface area contributed by atoms with Crippen LogP contribution < -0.4 is 14.9 Å². The van der Waals surface area contributed by atoms with Crippen molar-refractivity contribution in [2.45, 2.75) is 12.1 Å². The van der Waals surface area contributed by atoms with E-state index in [-0.39, 0.29) is 11.7 Å². The van der Waals surface area contributed by atoms with Crippen LogP contribution in [-0.2, 0) is 4.79 Å². The maximum Gasteiger partial charge on any atom is 0.250 e. The second-order valence-corrected chi connectivity index (χ2v) is 8.40. The highest BCUT2D eigenvalue weighted by molar-refractivity contribution is 7.99. The van der Waals surface area contributed by atoms with Crippen LogP contribution in [0, 0.1) is 0 Å². The summed E-state index contributed by atoms with van der Waals surface area (Å²) in [6.45, 7) is 1.83. The summed E-state index contributed by atoms with van der Waals surface area (Å²) < 4.78 is 12.5. The van der Waals surface area contributed by atoms with Gasteiger partial charge in [0.1, 0.15) is 11.5 Å². The van der Waals surface area contributed by atoms with Gasteiger partial charge in [-0.1, -0.05) is 54.2 Å². The number of ether oxygens (including phenoxy) is 2. The van der Waals surface area contributed by atoms with Gasteiger partial charge in [-0.05, 0) is 43.3 Å². The summed E-state index contributed by atoms with van der Waals surface area (Å²) in [5.41, 5.74) is 5.94. The van der Waals surface area contributed by atoms with Crippen molar-refractivity contribution in [3.8, 4) is 28.6 Å². The van der Waals surface area contributed by atoms with Crippen molar-refractivity contribution in [1.29, 1.82) is 0 Å². The van der Waals surface area contributed by atoms with Crippen molar-refractivity contribution in [2.24, 2.45) is 5.10 Å². The summed E-state index contributed by atoms with van der Waals surface area (Å²) >= 11 is 1.29. The zero-order valence-corrected chi connectivity index (χ0v) is 20.5. The molecule has 8 nitrogen and oxygen atoms in total. The molecule has 0 aliphatic heterocycles. The van der Waals surface area contributed by atoms with Gasteiger partial charge in [-0.2, -0.15) is 5.10 Å². The van der Waals surface area contributed by atoms with Crippen LogP contribution in [0.15, 0.2) is 89.1 Å². The molecule has 0 saturated heterocycles. The third-order valence-corrected chi connectivity index (χ3v) is 6.09. The lowest BCUT2D eigenvalue weighted by Crippen LogP contribution is -2.21. The number of hydrazone groups is 1. The first-order chi connectivity index (χ1) is 17.1. The van der Waals surface area contributed by atoms with E-state index in [0.29, 0.717) is 16.7 Å². The molecule has 0 aliphatic rings. The zero-order valence-electron chi connectivity index (χ0n) is 19.6. The monoisotopic (exact) mass is 487 g/mol.